The minimum atomic E-state index is -0.109. The number of thiophene rings is 1. The van der Waals surface area contributed by atoms with Crippen molar-refractivity contribution in [3.05, 3.63) is 174 Å². The van der Waals surface area contributed by atoms with E-state index in [1.807, 2.05) is 29.5 Å². The minimum absolute atomic E-state index is 0.0124. The minimum Gasteiger partial charge on any atom is -0.456 e. The van der Waals surface area contributed by atoms with Gasteiger partial charge in [-0.2, -0.15) is 0 Å². The molecule has 0 bridgehead atoms. The first-order chi connectivity index (χ1) is 25.2. The largest absolute Gasteiger partial charge is 0.456 e. The van der Waals surface area contributed by atoms with Crippen LogP contribution in [0.3, 0.4) is 0 Å². The molecule has 4 nitrogen and oxygen atoms in total. The number of fused-ring (bicyclic) bond motifs is 9. The summed E-state index contributed by atoms with van der Waals surface area (Å²) in [4.78, 5) is 0. The lowest BCUT2D eigenvalue weighted by molar-refractivity contribution is 0.443. The number of hydrogen-bond acceptors (Lipinski definition) is 5. The second-order valence-electron chi connectivity index (χ2n) is 13.3. The van der Waals surface area contributed by atoms with Gasteiger partial charge in [0.15, 0.2) is 0 Å². The van der Waals surface area contributed by atoms with Crippen LogP contribution in [0.2, 0.25) is 0 Å². The molecule has 0 amide bonds. The predicted molar refractivity (Wildman–Crippen MR) is 212 cm³/mol. The Hall–Kier alpha value is -6.14. The summed E-state index contributed by atoms with van der Waals surface area (Å²) in [5.74, 6) is 0. The predicted octanol–water partition coefficient (Wildman–Crippen LogP) is 12.5. The summed E-state index contributed by atoms with van der Waals surface area (Å²) in [6.45, 7) is 0. The first-order valence-corrected chi connectivity index (χ1v) is 18.1. The Morgan fingerprint density at radius 3 is 2.08 bits per heavy atom. The van der Waals surface area contributed by atoms with Crippen molar-refractivity contribution in [3.8, 4) is 11.1 Å². The maximum absolute atomic E-state index is 6.48. The molecule has 0 fully saturated rings. The van der Waals surface area contributed by atoms with Crippen molar-refractivity contribution < 1.29 is 8.83 Å². The molecule has 2 N–H and O–H groups in total. The lowest BCUT2D eigenvalue weighted by atomic mass is 9.95. The van der Waals surface area contributed by atoms with Crippen LogP contribution in [0.5, 0.6) is 0 Å². The first kappa shape index (κ1) is 28.7. The normalized spacial score (nSPS) is 16.4. The number of furan rings is 2. The highest BCUT2D eigenvalue weighted by molar-refractivity contribution is 7.26. The van der Waals surface area contributed by atoms with Gasteiger partial charge in [-0.15, -0.1) is 11.3 Å². The standard InChI is InChI=1S/C46H30N2O2S/c1-2-10-27(11-3-1)37-26-38(48-46(47-37)29-21-23-41-36(24-29)31-13-5-6-17-39(31)49-41)28-20-22-35-43(25-28)51-42-19-9-14-32(44(35)42)34-16-8-15-33-30-12-4-7-18-40(30)50-45(33)34/h1-26,38,46-48H. The highest BCUT2D eigenvalue weighted by Gasteiger charge is 2.26. The zero-order valence-corrected chi connectivity index (χ0v) is 28.2. The molecule has 0 radical (unpaired) electrons. The van der Waals surface area contributed by atoms with Crippen molar-refractivity contribution in [2.24, 2.45) is 0 Å². The summed E-state index contributed by atoms with van der Waals surface area (Å²) in [5.41, 5.74) is 10.6. The maximum Gasteiger partial charge on any atom is 0.143 e. The van der Waals surface area contributed by atoms with Gasteiger partial charge in [-0.05, 0) is 64.7 Å². The maximum atomic E-state index is 6.48. The lowest BCUT2D eigenvalue weighted by Gasteiger charge is -2.33. The van der Waals surface area contributed by atoms with E-state index in [0.717, 1.165) is 66.3 Å². The van der Waals surface area contributed by atoms with Crippen LogP contribution in [-0.4, -0.2) is 0 Å². The molecular formula is C46H30N2O2S. The van der Waals surface area contributed by atoms with Gasteiger partial charge in [0, 0.05) is 53.0 Å². The van der Waals surface area contributed by atoms with Gasteiger partial charge in [-0.1, -0.05) is 115 Å². The SMILES string of the molecule is C1=C(c2ccccc2)NC(c2ccc3oc4ccccc4c3c2)NC1c1ccc2c(c1)sc1cccc(-c3cccc4c3oc3ccccc34)c12. The zero-order valence-electron chi connectivity index (χ0n) is 27.4. The number of hydrogen-bond donors (Lipinski definition) is 2. The Morgan fingerprint density at radius 1 is 0.490 bits per heavy atom. The van der Waals surface area contributed by atoms with Gasteiger partial charge in [-0.3, -0.25) is 5.32 Å². The molecule has 242 valence electrons. The van der Waals surface area contributed by atoms with Crippen LogP contribution >= 0.6 is 11.3 Å². The third kappa shape index (κ3) is 4.56. The van der Waals surface area contributed by atoms with Crippen LogP contribution in [0.1, 0.15) is 28.9 Å². The molecule has 11 rings (SSSR count). The number of para-hydroxylation sites is 3. The van der Waals surface area contributed by atoms with Crippen LogP contribution in [0.4, 0.5) is 0 Å². The highest BCUT2D eigenvalue weighted by Crippen LogP contribution is 2.44. The molecule has 0 saturated heterocycles. The van der Waals surface area contributed by atoms with E-state index in [2.05, 4.69) is 150 Å². The number of benzene rings is 7. The molecule has 1 aliphatic rings. The summed E-state index contributed by atoms with van der Waals surface area (Å²) >= 11 is 1.85. The fourth-order valence-electron chi connectivity index (χ4n) is 7.95. The molecule has 51 heavy (non-hydrogen) atoms. The average molecular weight is 675 g/mol. The molecule has 4 heterocycles. The molecule has 0 saturated carbocycles. The quantitative estimate of drug-likeness (QED) is 0.195. The summed E-state index contributed by atoms with van der Waals surface area (Å²) in [5, 5.41) is 14.8. The van der Waals surface area contributed by atoms with Crippen LogP contribution in [-0.2, 0) is 0 Å². The van der Waals surface area contributed by atoms with E-state index in [9.17, 15) is 0 Å². The average Bonchev–Trinajstić information content (AvgIpc) is 3.88. The summed E-state index contributed by atoms with van der Waals surface area (Å²) < 4.78 is 15.2. The highest BCUT2D eigenvalue weighted by atomic mass is 32.1. The number of rotatable bonds is 4. The molecule has 0 spiro atoms. The van der Waals surface area contributed by atoms with E-state index in [1.165, 1.54) is 31.3 Å². The van der Waals surface area contributed by atoms with Crippen molar-refractivity contribution >= 4 is 81.1 Å². The Morgan fingerprint density at radius 2 is 1.20 bits per heavy atom. The van der Waals surface area contributed by atoms with Gasteiger partial charge >= 0.3 is 0 Å². The van der Waals surface area contributed by atoms with Crippen molar-refractivity contribution in [3.63, 3.8) is 0 Å². The van der Waals surface area contributed by atoms with E-state index in [4.69, 9.17) is 8.83 Å². The van der Waals surface area contributed by atoms with Crippen LogP contribution in [0.25, 0.3) is 80.9 Å². The third-order valence-corrected chi connectivity index (χ3v) is 11.5. The van der Waals surface area contributed by atoms with Gasteiger partial charge in [-0.25, -0.2) is 0 Å². The van der Waals surface area contributed by atoms with Crippen molar-refractivity contribution in [1.29, 1.82) is 0 Å². The van der Waals surface area contributed by atoms with Crippen LogP contribution in [0, 0.1) is 0 Å². The van der Waals surface area contributed by atoms with Gasteiger partial charge < -0.3 is 14.2 Å². The van der Waals surface area contributed by atoms with Gasteiger partial charge in [0.05, 0.1) is 6.04 Å². The topological polar surface area (TPSA) is 50.3 Å². The van der Waals surface area contributed by atoms with E-state index < -0.39 is 0 Å². The third-order valence-electron chi connectivity index (χ3n) is 10.4. The molecule has 3 aromatic heterocycles. The first-order valence-electron chi connectivity index (χ1n) is 17.3. The van der Waals surface area contributed by atoms with Crippen molar-refractivity contribution in [2.75, 3.05) is 0 Å². The second kappa shape index (κ2) is 11.2. The monoisotopic (exact) mass is 674 g/mol. The second-order valence-corrected chi connectivity index (χ2v) is 14.4. The summed E-state index contributed by atoms with van der Waals surface area (Å²) in [7, 11) is 0. The Bertz CT molecular complexity index is 3000. The smallest absolute Gasteiger partial charge is 0.143 e. The summed E-state index contributed by atoms with van der Waals surface area (Å²) in [6, 6.07) is 53.8. The zero-order chi connectivity index (χ0) is 33.5. The van der Waals surface area contributed by atoms with Gasteiger partial charge in [0.2, 0.25) is 0 Å². The lowest BCUT2D eigenvalue weighted by Crippen LogP contribution is -2.39. The molecular weight excluding hydrogens is 645 g/mol. The van der Waals surface area contributed by atoms with E-state index in [-0.39, 0.29) is 12.2 Å². The molecule has 7 aromatic carbocycles. The van der Waals surface area contributed by atoms with E-state index in [0.29, 0.717) is 0 Å². The number of nitrogens with one attached hydrogen (secondary N) is 2. The van der Waals surface area contributed by atoms with E-state index in [1.54, 1.807) is 0 Å². The van der Waals surface area contributed by atoms with Crippen LogP contribution in [0.15, 0.2) is 167 Å². The summed E-state index contributed by atoms with van der Waals surface area (Å²) in [6.07, 6.45) is 2.21. The van der Waals surface area contributed by atoms with Gasteiger partial charge in [0.1, 0.15) is 28.5 Å². The Balaban J connectivity index is 1.03. The van der Waals surface area contributed by atoms with Crippen molar-refractivity contribution in [2.45, 2.75) is 12.2 Å². The Labute approximate surface area is 297 Å². The molecule has 5 heteroatoms. The van der Waals surface area contributed by atoms with Crippen molar-refractivity contribution in [1.82, 2.24) is 10.6 Å². The molecule has 2 unspecified atom stereocenters. The molecule has 0 aliphatic carbocycles. The fraction of sp³-hybridized carbons (Fsp3) is 0.0435. The van der Waals surface area contributed by atoms with E-state index >= 15 is 0 Å². The van der Waals surface area contributed by atoms with Gasteiger partial charge in [0.25, 0.3) is 0 Å². The molecule has 10 aromatic rings. The molecule has 1 aliphatic heterocycles. The molecule has 2 atom stereocenters. The van der Waals surface area contributed by atoms with Crippen LogP contribution < -0.4 is 10.6 Å². The fourth-order valence-corrected chi connectivity index (χ4v) is 9.13. The Kier molecular flexibility index (Phi) is 6.29.